The van der Waals surface area contributed by atoms with Crippen molar-refractivity contribution in [2.45, 2.75) is 13.5 Å². The maximum atomic E-state index is 6.35. The van der Waals surface area contributed by atoms with E-state index in [2.05, 4.69) is 0 Å². The molecule has 2 heterocycles. The molecule has 2 aromatic carbocycles. The van der Waals surface area contributed by atoms with Crippen molar-refractivity contribution in [1.29, 1.82) is 0 Å². The van der Waals surface area contributed by atoms with Gasteiger partial charge in [-0.25, -0.2) is 4.98 Å². The summed E-state index contributed by atoms with van der Waals surface area (Å²) in [6.07, 6.45) is 0. The van der Waals surface area contributed by atoms with Crippen molar-refractivity contribution in [1.82, 2.24) is 9.55 Å². The highest BCUT2D eigenvalue weighted by atomic mass is 35.5. The van der Waals surface area contributed by atoms with Crippen LogP contribution in [0.15, 0.2) is 52.9 Å². The summed E-state index contributed by atoms with van der Waals surface area (Å²) in [6.45, 7) is 2.45. The first kappa shape index (κ1) is 16.5. The van der Waals surface area contributed by atoms with E-state index in [0.29, 0.717) is 33.2 Å². The molecule has 0 amide bonds. The number of aryl methyl sites for hydroxylation is 1. The van der Waals surface area contributed by atoms with Crippen LogP contribution in [0.3, 0.4) is 0 Å². The van der Waals surface area contributed by atoms with Gasteiger partial charge >= 0.3 is 0 Å². The Morgan fingerprint density at radius 2 is 1.72 bits per heavy atom. The second-order valence-electron chi connectivity index (χ2n) is 5.78. The average Bonchev–Trinajstić information content (AvgIpc) is 3.15. The third-order valence-corrected chi connectivity index (χ3v) is 5.13. The van der Waals surface area contributed by atoms with Crippen LogP contribution in [0.25, 0.3) is 22.6 Å². The molecule has 126 valence electrons. The van der Waals surface area contributed by atoms with Crippen LogP contribution in [-0.2, 0) is 6.54 Å². The second-order valence-corrected chi connectivity index (χ2v) is 7.00. The van der Waals surface area contributed by atoms with Gasteiger partial charge in [-0.3, -0.25) is 0 Å². The van der Waals surface area contributed by atoms with E-state index in [1.165, 1.54) is 0 Å². The van der Waals surface area contributed by atoms with Gasteiger partial charge in [0.05, 0.1) is 27.6 Å². The topological polar surface area (TPSA) is 31.0 Å². The highest BCUT2D eigenvalue weighted by molar-refractivity contribution is 6.42. The SMILES string of the molecule is Cc1ccc(-c2nc3cc(Cl)c(Cl)cc3n2Cc2ccccc2Cl)o1. The van der Waals surface area contributed by atoms with Crippen LogP contribution >= 0.6 is 34.8 Å². The summed E-state index contributed by atoms with van der Waals surface area (Å²) in [5.41, 5.74) is 2.61. The molecule has 6 heteroatoms. The smallest absolute Gasteiger partial charge is 0.177 e. The van der Waals surface area contributed by atoms with Crippen LogP contribution in [0.2, 0.25) is 15.1 Å². The van der Waals surface area contributed by atoms with Gasteiger partial charge in [0.1, 0.15) is 5.76 Å². The van der Waals surface area contributed by atoms with Crippen molar-refractivity contribution in [2.75, 3.05) is 0 Å². The van der Waals surface area contributed by atoms with E-state index >= 15 is 0 Å². The van der Waals surface area contributed by atoms with Crippen LogP contribution in [0.5, 0.6) is 0 Å². The third-order valence-electron chi connectivity index (χ3n) is 4.04. The van der Waals surface area contributed by atoms with E-state index < -0.39 is 0 Å². The Labute approximate surface area is 159 Å². The fourth-order valence-corrected chi connectivity index (χ4v) is 3.33. The Morgan fingerprint density at radius 3 is 2.44 bits per heavy atom. The first-order valence-corrected chi connectivity index (χ1v) is 8.82. The van der Waals surface area contributed by atoms with Gasteiger partial charge < -0.3 is 8.98 Å². The van der Waals surface area contributed by atoms with E-state index in [0.717, 1.165) is 22.4 Å². The van der Waals surface area contributed by atoms with Gasteiger partial charge in [0.15, 0.2) is 11.6 Å². The molecule has 0 bridgehead atoms. The van der Waals surface area contributed by atoms with Crippen LogP contribution < -0.4 is 0 Å². The van der Waals surface area contributed by atoms with Crippen LogP contribution in [0.4, 0.5) is 0 Å². The minimum absolute atomic E-state index is 0.471. The zero-order valence-electron chi connectivity index (χ0n) is 13.3. The Morgan fingerprint density at radius 1 is 0.960 bits per heavy atom. The summed E-state index contributed by atoms with van der Waals surface area (Å²) in [5, 5.41) is 1.65. The van der Waals surface area contributed by atoms with Gasteiger partial charge in [-0.2, -0.15) is 0 Å². The number of hydrogen-bond donors (Lipinski definition) is 0. The Balaban J connectivity index is 1.95. The van der Waals surface area contributed by atoms with Crippen LogP contribution in [0.1, 0.15) is 11.3 Å². The molecule has 2 aromatic heterocycles. The number of benzene rings is 2. The number of imidazole rings is 1. The molecule has 0 unspecified atom stereocenters. The molecule has 0 atom stereocenters. The quantitative estimate of drug-likeness (QED) is 0.393. The summed E-state index contributed by atoms with van der Waals surface area (Å²) in [6, 6.07) is 15.1. The third kappa shape index (κ3) is 3.04. The van der Waals surface area contributed by atoms with E-state index in [1.807, 2.05) is 54.0 Å². The van der Waals surface area contributed by atoms with Gasteiger partial charge in [-0.1, -0.05) is 53.0 Å². The Kier molecular flexibility index (Phi) is 4.24. The highest BCUT2D eigenvalue weighted by Crippen LogP contribution is 2.33. The highest BCUT2D eigenvalue weighted by Gasteiger charge is 2.18. The number of hydrogen-bond acceptors (Lipinski definition) is 2. The molecule has 0 fully saturated rings. The molecular formula is C19H13Cl3N2O. The van der Waals surface area contributed by atoms with Crippen molar-refractivity contribution in [2.24, 2.45) is 0 Å². The molecule has 0 aliphatic rings. The fraction of sp³-hybridized carbons (Fsp3) is 0.105. The standard InChI is InChI=1S/C19H13Cl3N2O/c1-11-6-7-18(25-11)19-23-16-8-14(21)15(22)9-17(16)24(19)10-12-4-2-3-5-13(12)20/h2-9H,10H2,1H3. The van der Waals surface area contributed by atoms with Gasteiger partial charge in [0.2, 0.25) is 0 Å². The zero-order chi connectivity index (χ0) is 17.6. The predicted molar refractivity (Wildman–Crippen MR) is 103 cm³/mol. The summed E-state index contributed by atoms with van der Waals surface area (Å²) < 4.78 is 7.82. The lowest BCUT2D eigenvalue weighted by Crippen LogP contribution is -2.02. The van der Waals surface area contributed by atoms with Crippen molar-refractivity contribution in [3.63, 3.8) is 0 Å². The average molecular weight is 392 g/mol. The fourth-order valence-electron chi connectivity index (χ4n) is 2.82. The minimum atomic E-state index is 0.471. The predicted octanol–water partition coefficient (Wildman–Crippen LogP) is 6.61. The van der Waals surface area contributed by atoms with Crippen LogP contribution in [0, 0.1) is 6.92 Å². The number of fused-ring (bicyclic) bond motifs is 1. The van der Waals surface area contributed by atoms with Crippen molar-refractivity contribution in [3.05, 3.63) is 74.9 Å². The molecule has 0 saturated carbocycles. The molecule has 0 N–H and O–H groups in total. The molecule has 0 spiro atoms. The summed E-state index contributed by atoms with van der Waals surface area (Å²) in [5.74, 6) is 2.22. The second kappa shape index (κ2) is 6.41. The van der Waals surface area contributed by atoms with E-state index in [-0.39, 0.29) is 0 Å². The summed E-state index contributed by atoms with van der Waals surface area (Å²) in [4.78, 5) is 4.71. The normalized spacial score (nSPS) is 11.4. The van der Waals surface area contributed by atoms with Gasteiger partial charge in [0.25, 0.3) is 0 Å². The monoisotopic (exact) mass is 390 g/mol. The molecular weight excluding hydrogens is 379 g/mol. The lowest BCUT2D eigenvalue weighted by molar-refractivity contribution is 0.540. The first-order valence-electron chi connectivity index (χ1n) is 7.68. The van der Waals surface area contributed by atoms with E-state index in [4.69, 9.17) is 44.2 Å². The lowest BCUT2D eigenvalue weighted by Gasteiger charge is -2.10. The Hall–Kier alpha value is -1.94. The van der Waals surface area contributed by atoms with Gasteiger partial charge in [-0.05, 0) is 42.8 Å². The molecule has 3 nitrogen and oxygen atoms in total. The molecule has 0 aliphatic carbocycles. The van der Waals surface area contributed by atoms with E-state index in [9.17, 15) is 0 Å². The van der Waals surface area contributed by atoms with Crippen molar-refractivity contribution < 1.29 is 4.42 Å². The number of nitrogens with zero attached hydrogens (tertiary/aromatic N) is 2. The Bertz CT molecular complexity index is 1080. The molecule has 4 rings (SSSR count). The lowest BCUT2D eigenvalue weighted by atomic mass is 10.2. The maximum Gasteiger partial charge on any atom is 0.177 e. The molecule has 0 aliphatic heterocycles. The number of furan rings is 1. The molecule has 4 aromatic rings. The largest absolute Gasteiger partial charge is 0.458 e. The summed E-state index contributed by atoms with van der Waals surface area (Å²) >= 11 is 18.7. The van der Waals surface area contributed by atoms with Gasteiger partial charge in [-0.15, -0.1) is 0 Å². The number of rotatable bonds is 3. The van der Waals surface area contributed by atoms with Crippen molar-refractivity contribution >= 4 is 45.8 Å². The van der Waals surface area contributed by atoms with Crippen LogP contribution in [-0.4, -0.2) is 9.55 Å². The minimum Gasteiger partial charge on any atom is -0.458 e. The molecule has 0 saturated heterocycles. The molecule has 25 heavy (non-hydrogen) atoms. The number of aromatic nitrogens is 2. The zero-order valence-corrected chi connectivity index (χ0v) is 15.5. The number of halogens is 3. The molecule has 0 radical (unpaired) electrons. The van der Waals surface area contributed by atoms with E-state index in [1.54, 1.807) is 6.07 Å². The first-order chi connectivity index (χ1) is 12.0. The summed E-state index contributed by atoms with van der Waals surface area (Å²) in [7, 11) is 0. The maximum absolute atomic E-state index is 6.35. The van der Waals surface area contributed by atoms with Crippen molar-refractivity contribution in [3.8, 4) is 11.6 Å². The van der Waals surface area contributed by atoms with Gasteiger partial charge in [0, 0.05) is 5.02 Å².